The normalized spacial score (nSPS) is 12.3. The highest BCUT2D eigenvalue weighted by atomic mass is 14.6. The molecule has 0 aliphatic heterocycles. The Balaban J connectivity index is 2.15. The van der Waals surface area contributed by atoms with Crippen LogP contribution < -0.4 is 5.73 Å². The molecule has 0 radical (unpaired) electrons. The van der Waals surface area contributed by atoms with Crippen molar-refractivity contribution in [2.45, 2.75) is 57.9 Å². The van der Waals surface area contributed by atoms with Crippen LogP contribution in [-0.4, -0.2) is 6.04 Å². The molecular formula is C17H27N. The second-order valence-corrected chi connectivity index (χ2v) is 5.15. The van der Waals surface area contributed by atoms with Crippen molar-refractivity contribution in [3.05, 3.63) is 48.0 Å². The molecular weight excluding hydrogens is 218 g/mol. The highest BCUT2D eigenvalue weighted by Crippen LogP contribution is 2.13. The van der Waals surface area contributed by atoms with Gasteiger partial charge in [0.15, 0.2) is 0 Å². The number of benzene rings is 1. The number of nitrogens with two attached hydrogens (primary N) is 1. The fourth-order valence-corrected chi connectivity index (χ4v) is 2.25. The van der Waals surface area contributed by atoms with Crippen LogP contribution in [0.4, 0.5) is 0 Å². The zero-order chi connectivity index (χ0) is 13.2. The van der Waals surface area contributed by atoms with Crippen LogP contribution in [0.1, 0.15) is 49.7 Å². The van der Waals surface area contributed by atoms with Crippen LogP contribution in [0.25, 0.3) is 0 Å². The van der Waals surface area contributed by atoms with E-state index in [-0.39, 0.29) is 0 Å². The molecule has 0 aliphatic carbocycles. The van der Waals surface area contributed by atoms with Gasteiger partial charge in [0.2, 0.25) is 0 Å². The summed E-state index contributed by atoms with van der Waals surface area (Å²) in [5.74, 6) is 0. The van der Waals surface area contributed by atoms with Crippen molar-refractivity contribution in [1.29, 1.82) is 0 Å². The van der Waals surface area contributed by atoms with Gasteiger partial charge in [0.1, 0.15) is 0 Å². The zero-order valence-electron chi connectivity index (χ0n) is 11.7. The minimum absolute atomic E-state index is 0.355. The van der Waals surface area contributed by atoms with E-state index in [0.29, 0.717) is 6.04 Å². The van der Waals surface area contributed by atoms with Crippen molar-refractivity contribution in [1.82, 2.24) is 0 Å². The van der Waals surface area contributed by atoms with Crippen LogP contribution >= 0.6 is 0 Å². The van der Waals surface area contributed by atoms with E-state index in [1.54, 1.807) is 0 Å². The Bertz CT molecular complexity index is 343. The van der Waals surface area contributed by atoms with Gasteiger partial charge in [-0.3, -0.25) is 0 Å². The lowest BCUT2D eigenvalue weighted by atomic mass is 9.98. The monoisotopic (exact) mass is 245 g/mol. The molecule has 100 valence electrons. The van der Waals surface area contributed by atoms with Crippen LogP contribution in [0.15, 0.2) is 36.9 Å². The van der Waals surface area contributed by atoms with Crippen molar-refractivity contribution in [3.8, 4) is 0 Å². The molecule has 0 saturated heterocycles. The van der Waals surface area contributed by atoms with Crippen molar-refractivity contribution >= 4 is 0 Å². The maximum Gasteiger partial charge on any atom is 0.00419 e. The Morgan fingerprint density at radius 2 is 1.94 bits per heavy atom. The minimum Gasteiger partial charge on any atom is -0.328 e. The summed E-state index contributed by atoms with van der Waals surface area (Å²) in [6.07, 6.45) is 10.3. The number of hydrogen-bond acceptors (Lipinski definition) is 1. The molecule has 1 nitrogen and oxygen atoms in total. The fraction of sp³-hybridized carbons (Fsp3) is 0.529. The summed E-state index contributed by atoms with van der Waals surface area (Å²) in [6, 6.07) is 8.96. The van der Waals surface area contributed by atoms with Gasteiger partial charge < -0.3 is 5.73 Å². The largest absolute Gasteiger partial charge is 0.328 e. The van der Waals surface area contributed by atoms with Crippen molar-refractivity contribution in [3.63, 3.8) is 0 Å². The first-order valence-corrected chi connectivity index (χ1v) is 7.15. The number of rotatable bonds is 9. The van der Waals surface area contributed by atoms with E-state index in [1.165, 1.54) is 30.4 Å². The Morgan fingerprint density at radius 1 is 1.17 bits per heavy atom. The summed E-state index contributed by atoms with van der Waals surface area (Å²) in [7, 11) is 0. The molecule has 1 unspecified atom stereocenters. The highest BCUT2D eigenvalue weighted by Gasteiger charge is 2.04. The predicted octanol–water partition coefficient (Wildman–Crippen LogP) is 4.39. The molecule has 0 saturated carbocycles. The van der Waals surface area contributed by atoms with Crippen LogP contribution in [-0.2, 0) is 6.42 Å². The van der Waals surface area contributed by atoms with Gasteiger partial charge in [-0.15, -0.1) is 6.58 Å². The third-order valence-electron chi connectivity index (χ3n) is 3.53. The fourth-order valence-electron chi connectivity index (χ4n) is 2.25. The molecule has 1 aromatic rings. The minimum atomic E-state index is 0.355. The van der Waals surface area contributed by atoms with Gasteiger partial charge in [-0.2, -0.15) is 0 Å². The molecule has 0 heterocycles. The van der Waals surface area contributed by atoms with Crippen LogP contribution in [0.5, 0.6) is 0 Å². The SMILES string of the molecule is C=CCCCCCC(N)CCc1ccccc1C. The van der Waals surface area contributed by atoms with E-state index in [4.69, 9.17) is 5.73 Å². The van der Waals surface area contributed by atoms with Crippen molar-refractivity contribution in [2.24, 2.45) is 5.73 Å². The summed E-state index contributed by atoms with van der Waals surface area (Å²) >= 11 is 0. The lowest BCUT2D eigenvalue weighted by molar-refractivity contribution is 0.524. The van der Waals surface area contributed by atoms with E-state index >= 15 is 0 Å². The Labute approximate surface area is 112 Å². The van der Waals surface area contributed by atoms with Crippen LogP contribution in [0.2, 0.25) is 0 Å². The van der Waals surface area contributed by atoms with Crippen molar-refractivity contribution < 1.29 is 0 Å². The number of hydrogen-bond donors (Lipinski definition) is 1. The third-order valence-corrected chi connectivity index (χ3v) is 3.53. The van der Waals surface area contributed by atoms with Crippen LogP contribution in [0, 0.1) is 6.92 Å². The van der Waals surface area contributed by atoms with Crippen molar-refractivity contribution in [2.75, 3.05) is 0 Å². The van der Waals surface area contributed by atoms with E-state index < -0.39 is 0 Å². The second kappa shape index (κ2) is 8.93. The predicted molar refractivity (Wildman–Crippen MR) is 80.8 cm³/mol. The first kappa shape index (κ1) is 15.0. The molecule has 0 spiro atoms. The molecule has 1 atom stereocenters. The smallest absolute Gasteiger partial charge is 0.00419 e. The molecule has 0 aromatic heterocycles. The average Bonchev–Trinajstić information content (AvgIpc) is 2.37. The van der Waals surface area contributed by atoms with E-state index in [1.807, 2.05) is 6.08 Å². The lowest BCUT2D eigenvalue weighted by Gasteiger charge is -2.12. The topological polar surface area (TPSA) is 26.0 Å². The number of allylic oxidation sites excluding steroid dienone is 1. The van der Waals surface area contributed by atoms with E-state index in [2.05, 4.69) is 37.8 Å². The molecule has 1 aromatic carbocycles. The van der Waals surface area contributed by atoms with E-state index in [0.717, 1.165) is 25.7 Å². The summed E-state index contributed by atoms with van der Waals surface area (Å²) < 4.78 is 0. The maximum atomic E-state index is 6.17. The first-order valence-electron chi connectivity index (χ1n) is 7.15. The van der Waals surface area contributed by atoms with Gasteiger partial charge in [0, 0.05) is 6.04 Å². The van der Waals surface area contributed by atoms with Gasteiger partial charge in [-0.05, 0) is 50.2 Å². The molecule has 0 fully saturated rings. The Hall–Kier alpha value is -1.08. The molecule has 1 heteroatoms. The average molecular weight is 245 g/mol. The summed E-state index contributed by atoms with van der Waals surface area (Å²) in [6.45, 7) is 5.92. The number of unbranched alkanes of at least 4 members (excludes halogenated alkanes) is 3. The van der Waals surface area contributed by atoms with Crippen LogP contribution in [0.3, 0.4) is 0 Å². The molecule has 0 bridgehead atoms. The van der Waals surface area contributed by atoms with E-state index in [9.17, 15) is 0 Å². The maximum absolute atomic E-state index is 6.17. The summed E-state index contributed by atoms with van der Waals surface area (Å²) in [5, 5.41) is 0. The van der Waals surface area contributed by atoms with Gasteiger partial charge in [0.25, 0.3) is 0 Å². The first-order chi connectivity index (χ1) is 8.74. The van der Waals surface area contributed by atoms with Gasteiger partial charge in [0.05, 0.1) is 0 Å². The van der Waals surface area contributed by atoms with Gasteiger partial charge in [-0.25, -0.2) is 0 Å². The molecule has 2 N–H and O–H groups in total. The Kier molecular flexibility index (Phi) is 7.43. The highest BCUT2D eigenvalue weighted by molar-refractivity contribution is 5.25. The standard InChI is InChI=1S/C17H27N/c1-3-4-5-6-7-12-17(18)14-13-16-11-9-8-10-15(16)2/h3,8-11,17H,1,4-7,12-14,18H2,2H3. The Morgan fingerprint density at radius 3 is 2.67 bits per heavy atom. The second-order valence-electron chi connectivity index (χ2n) is 5.15. The lowest BCUT2D eigenvalue weighted by Crippen LogP contribution is -2.20. The molecule has 1 rings (SSSR count). The zero-order valence-corrected chi connectivity index (χ0v) is 11.7. The quantitative estimate of drug-likeness (QED) is 0.507. The van der Waals surface area contributed by atoms with Gasteiger partial charge >= 0.3 is 0 Å². The van der Waals surface area contributed by atoms with Gasteiger partial charge in [-0.1, -0.05) is 43.2 Å². The molecule has 0 amide bonds. The summed E-state index contributed by atoms with van der Waals surface area (Å²) in [4.78, 5) is 0. The summed E-state index contributed by atoms with van der Waals surface area (Å²) in [5.41, 5.74) is 9.00. The number of aryl methyl sites for hydroxylation is 2. The molecule has 0 aliphatic rings. The molecule has 18 heavy (non-hydrogen) atoms. The third kappa shape index (κ3) is 6.02.